The molecule has 3 aromatic rings. The molecule has 0 fully saturated rings. The van der Waals surface area contributed by atoms with Crippen molar-refractivity contribution in [1.29, 1.82) is 0 Å². The maximum atomic E-state index is 6.18. The van der Waals surface area contributed by atoms with Gasteiger partial charge in [-0.1, -0.05) is 29.8 Å². The number of aromatic nitrogens is 1. The van der Waals surface area contributed by atoms with E-state index in [1.54, 1.807) is 24.6 Å². The summed E-state index contributed by atoms with van der Waals surface area (Å²) in [7, 11) is 1.63. The van der Waals surface area contributed by atoms with Gasteiger partial charge in [-0.05, 0) is 39.7 Å². The van der Waals surface area contributed by atoms with Gasteiger partial charge in [-0.25, -0.2) is 4.98 Å². The molecule has 0 atom stereocenters. The summed E-state index contributed by atoms with van der Waals surface area (Å²) in [5, 5.41) is 6.78. The van der Waals surface area contributed by atoms with E-state index in [4.69, 9.17) is 21.1 Å². The van der Waals surface area contributed by atoms with Crippen LogP contribution in [0.15, 0.2) is 52.4 Å². The molecule has 0 unspecified atom stereocenters. The van der Waals surface area contributed by atoms with Crippen molar-refractivity contribution in [1.82, 2.24) is 4.98 Å². The number of anilines is 1. The molecule has 7 heteroatoms. The molecule has 0 saturated carbocycles. The lowest BCUT2D eigenvalue weighted by Gasteiger charge is -2.15. The first kappa shape index (κ1) is 18.0. The Labute approximate surface area is 163 Å². The van der Waals surface area contributed by atoms with Gasteiger partial charge in [-0.15, -0.1) is 11.3 Å². The standard InChI is InChI=1S/C18H16BrClN2O2S/c1-23-16-9-12(10-22-18-21-6-7-25-18)8-14(19)17(16)24-11-13-4-2-3-5-15(13)20/h2-9H,10-11H2,1H3,(H,21,22). The van der Waals surface area contributed by atoms with Gasteiger partial charge in [0.2, 0.25) is 0 Å². The average molecular weight is 440 g/mol. The van der Waals surface area contributed by atoms with Crippen molar-refractivity contribution in [3.05, 3.63) is 68.6 Å². The molecule has 0 amide bonds. The van der Waals surface area contributed by atoms with Crippen molar-refractivity contribution in [2.75, 3.05) is 12.4 Å². The van der Waals surface area contributed by atoms with E-state index in [1.807, 2.05) is 41.8 Å². The van der Waals surface area contributed by atoms with Gasteiger partial charge in [0.25, 0.3) is 0 Å². The lowest BCUT2D eigenvalue weighted by Crippen LogP contribution is -2.03. The topological polar surface area (TPSA) is 43.4 Å². The van der Waals surface area contributed by atoms with Crippen LogP contribution in [0.2, 0.25) is 5.02 Å². The van der Waals surface area contributed by atoms with E-state index in [0.717, 1.165) is 20.7 Å². The van der Waals surface area contributed by atoms with Crippen LogP contribution in [0.5, 0.6) is 11.5 Å². The number of thiazole rings is 1. The van der Waals surface area contributed by atoms with Crippen LogP contribution in [0, 0.1) is 0 Å². The highest BCUT2D eigenvalue weighted by atomic mass is 79.9. The molecule has 130 valence electrons. The molecule has 0 aliphatic rings. The average Bonchev–Trinajstić information content (AvgIpc) is 3.13. The Morgan fingerprint density at radius 2 is 2.12 bits per heavy atom. The Balaban J connectivity index is 1.74. The molecule has 3 rings (SSSR count). The Hall–Kier alpha value is -1.76. The minimum absolute atomic E-state index is 0.366. The maximum absolute atomic E-state index is 6.18. The van der Waals surface area contributed by atoms with Crippen LogP contribution in [0.1, 0.15) is 11.1 Å². The Bertz CT molecular complexity index is 843. The summed E-state index contributed by atoms with van der Waals surface area (Å²) in [5.74, 6) is 1.32. The Kier molecular flexibility index (Phi) is 6.18. The van der Waals surface area contributed by atoms with E-state index in [-0.39, 0.29) is 0 Å². The van der Waals surface area contributed by atoms with E-state index < -0.39 is 0 Å². The second kappa shape index (κ2) is 8.56. The van der Waals surface area contributed by atoms with Gasteiger partial charge in [0, 0.05) is 28.7 Å². The smallest absolute Gasteiger partial charge is 0.182 e. The number of hydrogen-bond acceptors (Lipinski definition) is 5. The Morgan fingerprint density at radius 1 is 1.28 bits per heavy atom. The maximum Gasteiger partial charge on any atom is 0.182 e. The number of rotatable bonds is 7. The molecular weight excluding hydrogens is 424 g/mol. The van der Waals surface area contributed by atoms with Crippen molar-refractivity contribution < 1.29 is 9.47 Å². The van der Waals surface area contributed by atoms with Crippen LogP contribution >= 0.6 is 38.9 Å². The summed E-state index contributed by atoms with van der Waals surface area (Å²) in [6.07, 6.45) is 1.77. The molecule has 4 nitrogen and oxygen atoms in total. The first-order valence-electron chi connectivity index (χ1n) is 7.53. The zero-order valence-corrected chi connectivity index (χ0v) is 16.6. The van der Waals surface area contributed by atoms with Crippen LogP contribution < -0.4 is 14.8 Å². The summed E-state index contributed by atoms with van der Waals surface area (Å²) in [4.78, 5) is 4.21. The molecular formula is C18H16BrClN2O2S. The highest BCUT2D eigenvalue weighted by Crippen LogP contribution is 2.37. The van der Waals surface area contributed by atoms with Crippen LogP contribution in [-0.2, 0) is 13.2 Å². The number of nitrogens with zero attached hydrogens (tertiary/aromatic N) is 1. The van der Waals surface area contributed by atoms with E-state index in [2.05, 4.69) is 26.2 Å². The lowest BCUT2D eigenvalue weighted by atomic mass is 10.2. The molecule has 1 heterocycles. The SMILES string of the molecule is COc1cc(CNc2nccs2)cc(Br)c1OCc1ccccc1Cl. The fourth-order valence-corrected chi connectivity index (χ4v) is 3.59. The van der Waals surface area contributed by atoms with Crippen LogP contribution in [0.4, 0.5) is 5.13 Å². The monoisotopic (exact) mass is 438 g/mol. The van der Waals surface area contributed by atoms with Crippen LogP contribution in [0.25, 0.3) is 0 Å². The highest BCUT2D eigenvalue weighted by molar-refractivity contribution is 9.10. The predicted molar refractivity (Wildman–Crippen MR) is 106 cm³/mol. The number of hydrogen-bond donors (Lipinski definition) is 1. The summed E-state index contributed by atoms with van der Waals surface area (Å²) in [6, 6.07) is 11.6. The first-order chi connectivity index (χ1) is 12.2. The summed E-state index contributed by atoms with van der Waals surface area (Å²) >= 11 is 11.3. The van der Waals surface area contributed by atoms with Crippen LogP contribution in [0.3, 0.4) is 0 Å². The third kappa shape index (κ3) is 4.66. The second-order valence-electron chi connectivity index (χ2n) is 5.18. The van der Waals surface area contributed by atoms with Gasteiger partial charge in [0.15, 0.2) is 16.6 Å². The molecule has 0 saturated heterocycles. The zero-order chi connectivity index (χ0) is 17.6. The molecule has 0 bridgehead atoms. The summed E-state index contributed by atoms with van der Waals surface area (Å²) < 4.78 is 12.3. The van der Waals surface area contributed by atoms with E-state index in [1.165, 1.54) is 0 Å². The highest BCUT2D eigenvalue weighted by Gasteiger charge is 2.13. The largest absolute Gasteiger partial charge is 0.493 e. The number of nitrogens with one attached hydrogen (secondary N) is 1. The summed E-state index contributed by atoms with van der Waals surface area (Å²) in [5.41, 5.74) is 1.98. The molecule has 2 aromatic carbocycles. The molecule has 1 aromatic heterocycles. The van der Waals surface area contributed by atoms with E-state index in [9.17, 15) is 0 Å². The Morgan fingerprint density at radius 3 is 2.84 bits per heavy atom. The molecule has 0 aliphatic carbocycles. The quantitative estimate of drug-likeness (QED) is 0.508. The second-order valence-corrected chi connectivity index (χ2v) is 7.34. The van der Waals surface area contributed by atoms with E-state index in [0.29, 0.717) is 29.7 Å². The minimum Gasteiger partial charge on any atom is -0.493 e. The fraction of sp³-hybridized carbons (Fsp3) is 0.167. The third-order valence-electron chi connectivity index (χ3n) is 3.50. The number of halogens is 2. The van der Waals surface area contributed by atoms with Crippen molar-refractivity contribution >= 4 is 44.0 Å². The van der Waals surface area contributed by atoms with Gasteiger partial charge < -0.3 is 14.8 Å². The van der Waals surface area contributed by atoms with E-state index >= 15 is 0 Å². The van der Waals surface area contributed by atoms with Crippen LogP contribution in [-0.4, -0.2) is 12.1 Å². The van der Waals surface area contributed by atoms with Crippen molar-refractivity contribution in [2.24, 2.45) is 0 Å². The summed E-state index contributed by atoms with van der Waals surface area (Å²) in [6.45, 7) is 1.01. The normalized spacial score (nSPS) is 10.5. The number of ether oxygens (including phenoxy) is 2. The molecule has 0 spiro atoms. The zero-order valence-electron chi connectivity index (χ0n) is 13.5. The lowest BCUT2D eigenvalue weighted by molar-refractivity contribution is 0.282. The van der Waals surface area contributed by atoms with Gasteiger partial charge in [-0.3, -0.25) is 0 Å². The first-order valence-corrected chi connectivity index (χ1v) is 9.58. The molecule has 0 radical (unpaired) electrons. The fourth-order valence-electron chi connectivity index (χ4n) is 2.27. The van der Waals surface area contributed by atoms with Gasteiger partial charge in [0.1, 0.15) is 6.61 Å². The number of benzene rings is 2. The van der Waals surface area contributed by atoms with Crippen molar-refractivity contribution in [3.8, 4) is 11.5 Å². The molecule has 1 N–H and O–H groups in total. The minimum atomic E-state index is 0.366. The molecule has 0 aliphatic heterocycles. The van der Waals surface area contributed by atoms with Crippen molar-refractivity contribution in [2.45, 2.75) is 13.2 Å². The van der Waals surface area contributed by atoms with Gasteiger partial charge >= 0.3 is 0 Å². The molecule has 25 heavy (non-hydrogen) atoms. The van der Waals surface area contributed by atoms with Gasteiger partial charge in [-0.2, -0.15) is 0 Å². The predicted octanol–water partition coefficient (Wildman–Crippen LogP) is 5.76. The number of methoxy groups -OCH3 is 1. The third-order valence-corrected chi connectivity index (χ3v) is 5.18. The van der Waals surface area contributed by atoms with Crippen molar-refractivity contribution in [3.63, 3.8) is 0 Å². The van der Waals surface area contributed by atoms with Gasteiger partial charge in [0.05, 0.1) is 11.6 Å².